The molecule has 0 unspecified atom stereocenters. The van der Waals surface area contributed by atoms with Crippen LogP contribution in [0.3, 0.4) is 0 Å². The van der Waals surface area contributed by atoms with E-state index in [2.05, 4.69) is 29.4 Å². The summed E-state index contributed by atoms with van der Waals surface area (Å²) in [6.07, 6.45) is 2.26. The van der Waals surface area contributed by atoms with Crippen molar-refractivity contribution in [2.75, 3.05) is 29.9 Å². The van der Waals surface area contributed by atoms with E-state index in [1.54, 1.807) is 6.07 Å². The molecule has 1 aliphatic heterocycles. The molecule has 0 radical (unpaired) electrons. The predicted octanol–water partition coefficient (Wildman–Crippen LogP) is 5.08. The molecule has 0 saturated carbocycles. The average molecular weight is 416 g/mol. The highest BCUT2D eigenvalue weighted by molar-refractivity contribution is 6.13. The second kappa shape index (κ2) is 9.21. The Kier molecular flexibility index (Phi) is 6.21. The van der Waals surface area contributed by atoms with Crippen molar-refractivity contribution in [1.29, 1.82) is 0 Å². The van der Waals surface area contributed by atoms with Gasteiger partial charge in [-0.15, -0.1) is 0 Å². The first-order valence-electron chi connectivity index (χ1n) is 11.0. The Morgan fingerprint density at radius 1 is 0.903 bits per heavy atom. The van der Waals surface area contributed by atoms with Crippen LogP contribution in [-0.4, -0.2) is 31.4 Å². The van der Waals surface area contributed by atoms with Crippen molar-refractivity contribution in [3.05, 3.63) is 71.8 Å². The van der Waals surface area contributed by atoms with E-state index < -0.39 is 0 Å². The fraction of sp³-hybridized carbons (Fsp3) is 0.308. The normalized spacial score (nSPS) is 13.6. The summed E-state index contributed by atoms with van der Waals surface area (Å²) in [4.78, 5) is 28.3. The first-order chi connectivity index (χ1) is 15.0. The van der Waals surface area contributed by atoms with Gasteiger partial charge in [-0.3, -0.25) is 9.59 Å². The lowest BCUT2D eigenvalue weighted by molar-refractivity contribution is 0.0948. The quantitative estimate of drug-likeness (QED) is 0.590. The minimum absolute atomic E-state index is 0.100. The number of benzene rings is 3. The van der Waals surface area contributed by atoms with Crippen LogP contribution in [0.5, 0.6) is 0 Å². The molecule has 5 heteroatoms. The van der Waals surface area contributed by atoms with E-state index in [-0.39, 0.29) is 11.8 Å². The summed E-state index contributed by atoms with van der Waals surface area (Å²) in [5, 5.41) is 7.94. The summed E-state index contributed by atoms with van der Waals surface area (Å²) in [5.41, 5.74) is 2.78. The summed E-state index contributed by atoms with van der Waals surface area (Å²) in [6.45, 7) is 6.66. The van der Waals surface area contributed by atoms with Gasteiger partial charge < -0.3 is 15.5 Å². The highest BCUT2D eigenvalue weighted by atomic mass is 16.2. The summed E-state index contributed by atoms with van der Waals surface area (Å²) in [7, 11) is 0. The largest absolute Gasteiger partial charge is 0.371 e. The lowest BCUT2D eigenvalue weighted by Crippen LogP contribution is -2.30. The maximum absolute atomic E-state index is 13.0. The number of carbonyl (C=O) groups is 2. The Balaban J connectivity index is 1.62. The molecule has 0 aliphatic carbocycles. The van der Waals surface area contributed by atoms with Crippen LogP contribution in [0, 0.1) is 5.92 Å². The maximum Gasteiger partial charge on any atom is 0.256 e. The van der Waals surface area contributed by atoms with Gasteiger partial charge in [0.15, 0.2) is 0 Å². The van der Waals surface area contributed by atoms with Gasteiger partial charge >= 0.3 is 0 Å². The molecule has 0 spiro atoms. The van der Waals surface area contributed by atoms with Gasteiger partial charge in [0.25, 0.3) is 11.8 Å². The molecule has 1 fully saturated rings. The first-order valence-corrected chi connectivity index (χ1v) is 11.0. The topological polar surface area (TPSA) is 61.4 Å². The highest BCUT2D eigenvalue weighted by Crippen LogP contribution is 2.28. The van der Waals surface area contributed by atoms with E-state index in [0.29, 0.717) is 29.3 Å². The average Bonchev–Trinajstić information content (AvgIpc) is 3.31. The molecule has 31 heavy (non-hydrogen) atoms. The van der Waals surface area contributed by atoms with Gasteiger partial charge in [0, 0.05) is 36.6 Å². The number of fused-ring (bicyclic) bond motifs is 1. The molecular formula is C26H29N3O2. The van der Waals surface area contributed by atoms with E-state index in [1.165, 1.54) is 0 Å². The SMILES string of the molecule is CC(C)CNC(=O)c1cc(NC(=O)c2cccc3ccccc23)ccc1N1CCCC1. The van der Waals surface area contributed by atoms with E-state index in [4.69, 9.17) is 0 Å². The number of hydrogen-bond donors (Lipinski definition) is 2. The first kappa shape index (κ1) is 20.9. The minimum atomic E-state index is -0.181. The maximum atomic E-state index is 13.0. The van der Waals surface area contributed by atoms with Crippen LogP contribution >= 0.6 is 0 Å². The summed E-state index contributed by atoms with van der Waals surface area (Å²) >= 11 is 0. The zero-order chi connectivity index (χ0) is 21.8. The van der Waals surface area contributed by atoms with Crippen molar-refractivity contribution >= 4 is 34.0 Å². The molecule has 5 nitrogen and oxygen atoms in total. The summed E-state index contributed by atoms with van der Waals surface area (Å²) in [6, 6.07) is 19.2. The van der Waals surface area contributed by atoms with Crippen molar-refractivity contribution in [1.82, 2.24) is 5.32 Å². The van der Waals surface area contributed by atoms with Crippen molar-refractivity contribution in [3.8, 4) is 0 Å². The Morgan fingerprint density at radius 3 is 2.42 bits per heavy atom. The Hall–Kier alpha value is -3.34. The minimum Gasteiger partial charge on any atom is -0.371 e. The van der Waals surface area contributed by atoms with Crippen LogP contribution in [0.15, 0.2) is 60.7 Å². The molecule has 3 aromatic rings. The molecule has 1 heterocycles. The molecule has 0 aromatic heterocycles. The highest BCUT2D eigenvalue weighted by Gasteiger charge is 2.21. The molecule has 4 rings (SSSR count). The zero-order valence-electron chi connectivity index (χ0n) is 18.2. The van der Waals surface area contributed by atoms with Crippen LogP contribution in [-0.2, 0) is 0 Å². The Labute approximate surface area is 183 Å². The molecule has 0 bridgehead atoms. The molecule has 2 N–H and O–H groups in total. The third kappa shape index (κ3) is 4.71. The van der Waals surface area contributed by atoms with Crippen LogP contribution in [0.25, 0.3) is 10.8 Å². The smallest absolute Gasteiger partial charge is 0.256 e. The second-order valence-corrected chi connectivity index (χ2v) is 8.51. The van der Waals surface area contributed by atoms with Crippen molar-refractivity contribution < 1.29 is 9.59 Å². The summed E-state index contributed by atoms with van der Waals surface area (Å²) < 4.78 is 0. The van der Waals surface area contributed by atoms with Crippen LogP contribution in [0.1, 0.15) is 47.4 Å². The number of nitrogens with zero attached hydrogens (tertiary/aromatic N) is 1. The van der Waals surface area contributed by atoms with Gasteiger partial charge in [-0.1, -0.05) is 50.2 Å². The molecule has 160 valence electrons. The molecule has 0 atom stereocenters. The van der Waals surface area contributed by atoms with Gasteiger partial charge in [0.1, 0.15) is 0 Å². The van der Waals surface area contributed by atoms with E-state index in [1.807, 2.05) is 54.6 Å². The Bertz CT molecular complexity index is 1100. The standard InChI is InChI=1S/C26H29N3O2/c1-18(2)17-27-25(30)23-16-20(12-13-24(23)29-14-5-6-15-29)28-26(31)22-11-7-9-19-8-3-4-10-21(19)22/h3-4,7-13,16,18H,5-6,14-15,17H2,1-2H3,(H,27,30)(H,28,31). The third-order valence-corrected chi connectivity index (χ3v) is 5.65. The lowest BCUT2D eigenvalue weighted by atomic mass is 10.0. The molecule has 1 aliphatic rings. The van der Waals surface area contributed by atoms with Crippen molar-refractivity contribution in [3.63, 3.8) is 0 Å². The van der Waals surface area contributed by atoms with Gasteiger partial charge in [0.2, 0.25) is 0 Å². The van der Waals surface area contributed by atoms with Gasteiger partial charge in [0.05, 0.1) is 5.56 Å². The number of rotatable bonds is 6. The molecular weight excluding hydrogens is 386 g/mol. The number of hydrogen-bond acceptors (Lipinski definition) is 3. The molecule has 2 amide bonds. The number of carbonyl (C=O) groups excluding carboxylic acids is 2. The van der Waals surface area contributed by atoms with E-state index in [0.717, 1.165) is 42.4 Å². The number of amides is 2. The predicted molar refractivity (Wildman–Crippen MR) is 127 cm³/mol. The number of anilines is 2. The van der Waals surface area contributed by atoms with Crippen molar-refractivity contribution in [2.45, 2.75) is 26.7 Å². The zero-order valence-corrected chi connectivity index (χ0v) is 18.2. The van der Waals surface area contributed by atoms with Gasteiger partial charge in [-0.2, -0.15) is 0 Å². The molecule has 1 saturated heterocycles. The fourth-order valence-electron chi connectivity index (χ4n) is 4.04. The van der Waals surface area contributed by atoms with Crippen LogP contribution in [0.2, 0.25) is 0 Å². The Morgan fingerprint density at radius 2 is 1.65 bits per heavy atom. The second-order valence-electron chi connectivity index (χ2n) is 8.51. The monoisotopic (exact) mass is 415 g/mol. The number of nitrogens with one attached hydrogen (secondary N) is 2. The summed E-state index contributed by atoms with van der Waals surface area (Å²) in [5.74, 6) is 0.0876. The lowest BCUT2D eigenvalue weighted by Gasteiger charge is -2.22. The third-order valence-electron chi connectivity index (χ3n) is 5.65. The van der Waals surface area contributed by atoms with Crippen LogP contribution < -0.4 is 15.5 Å². The molecule has 3 aromatic carbocycles. The van der Waals surface area contributed by atoms with E-state index in [9.17, 15) is 9.59 Å². The fourth-order valence-corrected chi connectivity index (χ4v) is 4.04. The van der Waals surface area contributed by atoms with Gasteiger partial charge in [-0.05, 0) is 53.8 Å². The van der Waals surface area contributed by atoms with Gasteiger partial charge in [-0.25, -0.2) is 0 Å². The van der Waals surface area contributed by atoms with E-state index >= 15 is 0 Å². The van der Waals surface area contributed by atoms with Crippen molar-refractivity contribution in [2.24, 2.45) is 5.92 Å². The van der Waals surface area contributed by atoms with Crippen LogP contribution in [0.4, 0.5) is 11.4 Å².